The molecule has 0 saturated heterocycles. The van der Waals surface area contributed by atoms with Crippen LogP contribution in [-0.4, -0.2) is 37.5 Å². The number of carbonyl (C=O) groups is 1. The van der Waals surface area contributed by atoms with Gasteiger partial charge in [0, 0.05) is 11.0 Å². The average Bonchev–Trinajstić information content (AvgIpc) is 2.71. The lowest BCUT2D eigenvalue weighted by molar-refractivity contribution is -0.139. The van der Waals surface area contributed by atoms with Crippen molar-refractivity contribution in [1.29, 1.82) is 0 Å². The molecule has 0 radical (unpaired) electrons. The molecule has 0 bridgehead atoms. The maximum absolute atomic E-state index is 11.5. The van der Waals surface area contributed by atoms with E-state index in [1.807, 2.05) is 24.3 Å². The number of carbonyl (C=O) groups excluding carboxylic acids is 1. The van der Waals surface area contributed by atoms with E-state index in [1.165, 1.54) is 0 Å². The Labute approximate surface area is 222 Å². The summed E-state index contributed by atoms with van der Waals surface area (Å²) >= 11 is 14.3. The first-order chi connectivity index (χ1) is 15.0. The number of rotatable bonds is 10. The number of hydrogen-bond donors (Lipinski definition) is 1. The van der Waals surface area contributed by atoms with Crippen LogP contribution in [0.5, 0.6) is 11.5 Å². The molecule has 0 spiro atoms. The summed E-state index contributed by atoms with van der Waals surface area (Å²) in [5.74, 6) is 0.844. The fourth-order valence-corrected chi connectivity index (χ4v) is 5.66. The standard InChI is InChI=1S/C23H24Br4O5/c1-13(2)22(29)32-8-7-31-21-18(26)11-15(12-19(21)27)23(3,4)14-9-16(24)20(17(25)10-14)30-6-5-28/h9-12,28H,1,5-8H2,2-4H3. The van der Waals surface area contributed by atoms with E-state index in [0.717, 1.165) is 29.0 Å². The van der Waals surface area contributed by atoms with Gasteiger partial charge < -0.3 is 19.3 Å². The molecule has 0 heterocycles. The molecule has 9 heteroatoms. The van der Waals surface area contributed by atoms with Gasteiger partial charge in [-0.15, -0.1) is 0 Å². The second kappa shape index (κ2) is 12.0. The molecule has 32 heavy (non-hydrogen) atoms. The van der Waals surface area contributed by atoms with Crippen LogP contribution >= 0.6 is 63.7 Å². The summed E-state index contributed by atoms with van der Waals surface area (Å²) in [7, 11) is 0. The van der Waals surface area contributed by atoms with Gasteiger partial charge >= 0.3 is 5.97 Å². The van der Waals surface area contributed by atoms with Crippen LogP contribution in [0.1, 0.15) is 31.9 Å². The maximum Gasteiger partial charge on any atom is 0.333 e. The van der Waals surface area contributed by atoms with Crippen LogP contribution in [0.4, 0.5) is 0 Å². The monoisotopic (exact) mass is 696 g/mol. The van der Waals surface area contributed by atoms with E-state index < -0.39 is 5.97 Å². The molecule has 0 aliphatic carbocycles. The topological polar surface area (TPSA) is 65.0 Å². The summed E-state index contributed by atoms with van der Waals surface area (Å²) in [5.41, 5.74) is 2.12. The van der Waals surface area contributed by atoms with Crippen LogP contribution in [-0.2, 0) is 14.9 Å². The maximum atomic E-state index is 11.5. The Hall–Kier alpha value is -0.870. The van der Waals surface area contributed by atoms with Gasteiger partial charge in [0.05, 0.1) is 24.5 Å². The summed E-state index contributed by atoms with van der Waals surface area (Å²) in [5, 5.41) is 9.03. The van der Waals surface area contributed by atoms with Crippen molar-refractivity contribution in [3.63, 3.8) is 0 Å². The molecule has 5 nitrogen and oxygen atoms in total. The first-order valence-electron chi connectivity index (χ1n) is 9.67. The van der Waals surface area contributed by atoms with E-state index in [1.54, 1.807) is 6.92 Å². The van der Waals surface area contributed by atoms with Crippen LogP contribution in [0.25, 0.3) is 0 Å². The molecule has 0 atom stereocenters. The summed E-state index contributed by atoms with van der Waals surface area (Å²) in [4.78, 5) is 11.5. The summed E-state index contributed by atoms with van der Waals surface area (Å²) < 4.78 is 19.6. The number of ether oxygens (including phenoxy) is 3. The Morgan fingerprint density at radius 2 is 1.28 bits per heavy atom. The number of halogens is 4. The molecule has 2 aromatic rings. The molecule has 174 valence electrons. The van der Waals surface area contributed by atoms with E-state index >= 15 is 0 Å². The molecule has 0 aliphatic rings. The van der Waals surface area contributed by atoms with Gasteiger partial charge in [0.1, 0.15) is 31.3 Å². The normalized spacial score (nSPS) is 11.2. The van der Waals surface area contributed by atoms with E-state index in [-0.39, 0.29) is 31.8 Å². The van der Waals surface area contributed by atoms with Crippen molar-refractivity contribution >= 4 is 69.7 Å². The molecular formula is C23H24Br4O5. The Bertz CT molecular complexity index is 958. The van der Waals surface area contributed by atoms with E-state index in [9.17, 15) is 4.79 Å². The van der Waals surface area contributed by atoms with E-state index in [0.29, 0.717) is 17.1 Å². The molecule has 0 amide bonds. The third kappa shape index (κ3) is 6.82. The van der Waals surface area contributed by atoms with Gasteiger partial charge in [0.25, 0.3) is 0 Å². The van der Waals surface area contributed by atoms with Crippen molar-refractivity contribution in [2.75, 3.05) is 26.4 Å². The largest absolute Gasteiger partial charge is 0.489 e. The predicted octanol–water partition coefficient (Wildman–Crippen LogP) is 6.93. The Balaban J connectivity index is 2.24. The highest BCUT2D eigenvalue weighted by atomic mass is 79.9. The van der Waals surface area contributed by atoms with Gasteiger partial charge in [-0.25, -0.2) is 4.79 Å². The quantitative estimate of drug-likeness (QED) is 0.166. The molecule has 0 aromatic heterocycles. The molecule has 0 fully saturated rings. The summed E-state index contributed by atoms with van der Waals surface area (Å²) in [6.45, 7) is 9.91. The minimum atomic E-state index is -0.436. The summed E-state index contributed by atoms with van der Waals surface area (Å²) in [6, 6.07) is 8.05. The zero-order chi connectivity index (χ0) is 24.1. The molecule has 2 rings (SSSR count). The van der Waals surface area contributed by atoms with Gasteiger partial charge in [-0.2, -0.15) is 0 Å². The van der Waals surface area contributed by atoms with Crippen LogP contribution < -0.4 is 9.47 Å². The number of esters is 1. The molecule has 1 N–H and O–H groups in total. The highest BCUT2D eigenvalue weighted by Gasteiger charge is 2.27. The van der Waals surface area contributed by atoms with Gasteiger partial charge in [0.2, 0.25) is 0 Å². The molecule has 0 saturated carbocycles. The van der Waals surface area contributed by atoms with Gasteiger partial charge in [-0.3, -0.25) is 0 Å². The highest BCUT2D eigenvalue weighted by Crippen LogP contribution is 2.44. The first kappa shape index (κ1) is 27.4. The second-order valence-electron chi connectivity index (χ2n) is 7.50. The molecule has 0 unspecified atom stereocenters. The minimum absolute atomic E-state index is 0.0566. The van der Waals surface area contributed by atoms with Crippen molar-refractivity contribution in [2.45, 2.75) is 26.2 Å². The number of hydrogen-bond acceptors (Lipinski definition) is 5. The lowest BCUT2D eigenvalue weighted by Gasteiger charge is -2.28. The minimum Gasteiger partial charge on any atom is -0.489 e. The number of benzene rings is 2. The summed E-state index contributed by atoms with van der Waals surface area (Å²) in [6.07, 6.45) is 0. The lowest BCUT2D eigenvalue weighted by Crippen LogP contribution is -2.20. The molecule has 2 aromatic carbocycles. The van der Waals surface area contributed by atoms with Crippen molar-refractivity contribution in [1.82, 2.24) is 0 Å². The van der Waals surface area contributed by atoms with Crippen LogP contribution in [0, 0.1) is 0 Å². The van der Waals surface area contributed by atoms with E-state index in [2.05, 4.69) is 84.1 Å². The first-order valence-corrected chi connectivity index (χ1v) is 12.8. The van der Waals surface area contributed by atoms with Crippen LogP contribution in [0.3, 0.4) is 0 Å². The van der Waals surface area contributed by atoms with E-state index in [4.69, 9.17) is 19.3 Å². The third-order valence-corrected chi connectivity index (χ3v) is 7.05. The Morgan fingerprint density at radius 3 is 1.66 bits per heavy atom. The van der Waals surface area contributed by atoms with Gasteiger partial charge in [0.15, 0.2) is 0 Å². The zero-order valence-electron chi connectivity index (χ0n) is 17.9. The predicted molar refractivity (Wildman–Crippen MR) is 140 cm³/mol. The Morgan fingerprint density at radius 1 is 0.875 bits per heavy atom. The number of aliphatic hydroxyl groups is 1. The molecule has 0 aliphatic heterocycles. The second-order valence-corrected chi connectivity index (χ2v) is 10.9. The average molecular weight is 700 g/mol. The fraction of sp³-hybridized carbons (Fsp3) is 0.348. The highest BCUT2D eigenvalue weighted by molar-refractivity contribution is 9.11. The van der Waals surface area contributed by atoms with Crippen LogP contribution in [0.2, 0.25) is 0 Å². The van der Waals surface area contributed by atoms with Crippen molar-refractivity contribution in [3.05, 3.63) is 65.4 Å². The smallest absolute Gasteiger partial charge is 0.333 e. The SMILES string of the molecule is C=C(C)C(=O)OCCOc1c(Br)cc(C(C)(C)c2cc(Br)c(OCCO)c(Br)c2)cc1Br. The van der Waals surface area contributed by atoms with Gasteiger partial charge in [-0.1, -0.05) is 20.4 Å². The van der Waals surface area contributed by atoms with Crippen molar-refractivity contribution in [2.24, 2.45) is 0 Å². The third-order valence-electron chi connectivity index (χ3n) is 4.69. The lowest BCUT2D eigenvalue weighted by atomic mass is 9.78. The zero-order valence-corrected chi connectivity index (χ0v) is 24.3. The van der Waals surface area contributed by atoms with Crippen molar-refractivity contribution in [3.8, 4) is 11.5 Å². The van der Waals surface area contributed by atoms with Crippen LogP contribution in [0.15, 0.2) is 54.3 Å². The van der Waals surface area contributed by atoms with Crippen molar-refractivity contribution < 1.29 is 24.1 Å². The Kier molecular flexibility index (Phi) is 10.3. The van der Waals surface area contributed by atoms with Gasteiger partial charge in [-0.05, 0) is 106 Å². The number of aliphatic hydroxyl groups excluding tert-OH is 1. The molecular weight excluding hydrogens is 676 g/mol. The fourth-order valence-electron chi connectivity index (χ4n) is 2.83.